The zero-order valence-corrected chi connectivity index (χ0v) is 19.1. The number of nitrogens with one attached hydrogen (secondary N) is 2. The molecule has 0 saturated carbocycles. The van der Waals surface area contributed by atoms with Crippen LogP contribution in [0, 0.1) is 5.92 Å². The van der Waals surface area contributed by atoms with Crippen molar-refractivity contribution in [3.8, 4) is 11.5 Å². The molecule has 0 aliphatic carbocycles. The number of imidazole rings is 1. The summed E-state index contributed by atoms with van der Waals surface area (Å²) in [6.45, 7) is 10.0. The fourth-order valence-corrected chi connectivity index (χ4v) is 2.89. The number of guanidine groups is 1. The number of hydrogen-bond donors (Lipinski definition) is 2. The van der Waals surface area contributed by atoms with Crippen LogP contribution in [0.4, 0.5) is 5.69 Å². The molecule has 1 aliphatic heterocycles. The molecule has 3 rings (SSSR count). The van der Waals surface area contributed by atoms with Crippen LogP contribution in [-0.2, 0) is 13.1 Å². The van der Waals surface area contributed by atoms with E-state index in [9.17, 15) is 0 Å². The van der Waals surface area contributed by atoms with E-state index in [-0.39, 0.29) is 24.0 Å². The molecule has 0 unspecified atom stereocenters. The van der Waals surface area contributed by atoms with E-state index in [4.69, 9.17) is 9.47 Å². The van der Waals surface area contributed by atoms with E-state index < -0.39 is 0 Å². The largest absolute Gasteiger partial charge is 0.490 e. The summed E-state index contributed by atoms with van der Waals surface area (Å²) in [5.74, 6) is 3.79. The molecule has 0 spiro atoms. The number of aromatic nitrogens is 2. The van der Waals surface area contributed by atoms with E-state index >= 15 is 0 Å². The molecule has 2 heterocycles. The van der Waals surface area contributed by atoms with Gasteiger partial charge in [0, 0.05) is 43.7 Å². The van der Waals surface area contributed by atoms with Gasteiger partial charge >= 0.3 is 0 Å². The minimum atomic E-state index is 0. The summed E-state index contributed by atoms with van der Waals surface area (Å²) in [6.07, 6.45) is 4.73. The Hall–Kier alpha value is -1.97. The number of fused-ring (bicyclic) bond motifs is 1. The van der Waals surface area contributed by atoms with Crippen LogP contribution in [0.2, 0.25) is 0 Å². The van der Waals surface area contributed by atoms with Gasteiger partial charge in [-0.1, -0.05) is 13.8 Å². The Labute approximate surface area is 184 Å². The van der Waals surface area contributed by atoms with Gasteiger partial charge in [0.15, 0.2) is 17.5 Å². The van der Waals surface area contributed by atoms with Crippen molar-refractivity contribution >= 4 is 35.6 Å². The number of aliphatic imine (C=N–C) groups is 1. The minimum absolute atomic E-state index is 0. The number of benzene rings is 1. The molecule has 0 atom stereocenters. The number of halogens is 1. The lowest BCUT2D eigenvalue weighted by Gasteiger charge is -2.14. The van der Waals surface area contributed by atoms with Gasteiger partial charge in [0.2, 0.25) is 0 Å². The highest BCUT2D eigenvalue weighted by molar-refractivity contribution is 14.0. The number of nitrogens with zero attached hydrogens (tertiary/aromatic N) is 3. The molecule has 7 nitrogen and oxygen atoms in total. The Morgan fingerprint density at radius 2 is 2.04 bits per heavy atom. The molecule has 0 bridgehead atoms. The molecule has 2 aromatic rings. The monoisotopic (exact) mass is 499 g/mol. The lowest BCUT2D eigenvalue weighted by Crippen LogP contribution is -2.30. The predicted octanol–water partition coefficient (Wildman–Crippen LogP) is 3.90. The molecular weight excluding hydrogens is 469 g/mol. The van der Waals surface area contributed by atoms with Gasteiger partial charge in [-0.2, -0.15) is 0 Å². The number of hydrogen-bond acceptors (Lipinski definition) is 4. The van der Waals surface area contributed by atoms with Gasteiger partial charge in [-0.05, 0) is 25.0 Å². The van der Waals surface area contributed by atoms with Crippen LogP contribution in [0.1, 0.15) is 33.0 Å². The second kappa shape index (κ2) is 11.1. The van der Waals surface area contributed by atoms with Gasteiger partial charge < -0.3 is 24.7 Å². The highest BCUT2D eigenvalue weighted by atomic mass is 127. The molecule has 1 aliphatic rings. The van der Waals surface area contributed by atoms with Crippen LogP contribution in [0.15, 0.2) is 35.6 Å². The first-order valence-corrected chi connectivity index (χ1v) is 9.60. The van der Waals surface area contributed by atoms with Gasteiger partial charge in [-0.25, -0.2) is 9.98 Å². The van der Waals surface area contributed by atoms with E-state index in [1.165, 1.54) is 0 Å². The third-order valence-corrected chi connectivity index (χ3v) is 4.10. The molecule has 8 heteroatoms. The maximum Gasteiger partial charge on any atom is 0.196 e. The summed E-state index contributed by atoms with van der Waals surface area (Å²) in [5, 5.41) is 6.62. The predicted molar refractivity (Wildman–Crippen MR) is 123 cm³/mol. The van der Waals surface area contributed by atoms with Crippen molar-refractivity contribution in [1.82, 2.24) is 14.9 Å². The molecule has 0 radical (unpaired) electrons. The second-order valence-electron chi connectivity index (χ2n) is 6.92. The van der Waals surface area contributed by atoms with Crippen LogP contribution < -0.4 is 20.1 Å². The summed E-state index contributed by atoms with van der Waals surface area (Å²) in [6, 6.07) is 5.86. The molecular formula is C20H30IN5O2. The molecule has 154 valence electrons. The summed E-state index contributed by atoms with van der Waals surface area (Å²) in [4.78, 5) is 9.13. The third-order valence-electron chi connectivity index (χ3n) is 4.10. The van der Waals surface area contributed by atoms with E-state index in [0.29, 0.717) is 31.6 Å². The first-order valence-electron chi connectivity index (χ1n) is 9.60. The van der Waals surface area contributed by atoms with Crippen molar-refractivity contribution < 1.29 is 9.47 Å². The van der Waals surface area contributed by atoms with Crippen molar-refractivity contribution in [3.05, 3.63) is 36.4 Å². The molecule has 1 aromatic heterocycles. The van der Waals surface area contributed by atoms with E-state index in [1.807, 2.05) is 37.5 Å². The topological polar surface area (TPSA) is 72.7 Å². The fourth-order valence-electron chi connectivity index (χ4n) is 2.89. The second-order valence-corrected chi connectivity index (χ2v) is 6.92. The SMILES string of the molecule is CCNC(=NCc1nccn1CC(C)C)Nc1ccc2c(c1)OCCCO2.I. The van der Waals surface area contributed by atoms with Crippen LogP contribution >= 0.6 is 24.0 Å². The Bertz CT molecular complexity index is 776. The molecule has 1 aromatic carbocycles. The highest BCUT2D eigenvalue weighted by Crippen LogP contribution is 2.32. The van der Waals surface area contributed by atoms with Gasteiger partial charge in [-0.15, -0.1) is 24.0 Å². The lowest BCUT2D eigenvalue weighted by molar-refractivity contribution is 0.297. The van der Waals surface area contributed by atoms with E-state index in [2.05, 4.69) is 39.0 Å². The van der Waals surface area contributed by atoms with Crippen LogP contribution in [0.3, 0.4) is 0 Å². The number of ether oxygens (including phenoxy) is 2. The average Bonchev–Trinajstić information content (AvgIpc) is 2.93. The van der Waals surface area contributed by atoms with Gasteiger partial charge in [-0.3, -0.25) is 0 Å². The Morgan fingerprint density at radius 3 is 2.79 bits per heavy atom. The summed E-state index contributed by atoms with van der Waals surface area (Å²) >= 11 is 0. The first kappa shape index (κ1) is 22.3. The molecule has 0 amide bonds. The Morgan fingerprint density at radius 1 is 1.25 bits per heavy atom. The minimum Gasteiger partial charge on any atom is -0.490 e. The summed E-state index contributed by atoms with van der Waals surface area (Å²) in [5.41, 5.74) is 0.907. The third kappa shape index (κ3) is 6.29. The zero-order valence-electron chi connectivity index (χ0n) is 16.8. The lowest BCUT2D eigenvalue weighted by atomic mass is 10.2. The van der Waals surface area contributed by atoms with Crippen molar-refractivity contribution in [3.63, 3.8) is 0 Å². The Kier molecular flexibility index (Phi) is 8.88. The maximum absolute atomic E-state index is 5.76. The average molecular weight is 499 g/mol. The van der Waals surface area contributed by atoms with Crippen LogP contribution in [0.5, 0.6) is 11.5 Å². The maximum atomic E-state index is 5.76. The molecule has 0 fully saturated rings. The summed E-state index contributed by atoms with van der Waals surface area (Å²) in [7, 11) is 0. The quantitative estimate of drug-likeness (QED) is 0.359. The Balaban J connectivity index is 0.00000280. The van der Waals surface area contributed by atoms with E-state index in [1.54, 1.807) is 0 Å². The number of anilines is 1. The van der Waals surface area contributed by atoms with Crippen molar-refractivity contribution in [2.24, 2.45) is 10.9 Å². The first-order chi connectivity index (χ1) is 13.2. The molecule has 28 heavy (non-hydrogen) atoms. The van der Waals surface area contributed by atoms with Crippen molar-refractivity contribution in [1.29, 1.82) is 0 Å². The number of rotatable bonds is 6. The molecule has 0 saturated heterocycles. The van der Waals surface area contributed by atoms with Crippen LogP contribution in [-0.4, -0.2) is 35.3 Å². The summed E-state index contributed by atoms with van der Waals surface area (Å²) < 4.78 is 13.6. The van der Waals surface area contributed by atoms with Crippen molar-refractivity contribution in [2.75, 3.05) is 25.1 Å². The highest BCUT2D eigenvalue weighted by Gasteiger charge is 2.11. The fraction of sp³-hybridized carbons (Fsp3) is 0.500. The van der Waals surface area contributed by atoms with E-state index in [0.717, 1.165) is 42.5 Å². The van der Waals surface area contributed by atoms with Gasteiger partial charge in [0.25, 0.3) is 0 Å². The van der Waals surface area contributed by atoms with Gasteiger partial charge in [0.1, 0.15) is 12.4 Å². The van der Waals surface area contributed by atoms with Gasteiger partial charge in [0.05, 0.1) is 13.2 Å². The van der Waals surface area contributed by atoms with Crippen LogP contribution in [0.25, 0.3) is 0 Å². The zero-order chi connectivity index (χ0) is 19.1. The normalized spacial score (nSPS) is 13.6. The molecule has 2 N–H and O–H groups in total. The standard InChI is InChI=1S/C20H29N5O2.HI/c1-4-21-20(23-13-19-22-8-9-25(19)14-15(2)3)24-16-6-7-17-18(12-16)27-11-5-10-26-17;/h6-9,12,15H,4-5,10-11,13-14H2,1-3H3,(H2,21,23,24);1H. The van der Waals surface area contributed by atoms with Crippen molar-refractivity contribution in [2.45, 2.75) is 40.3 Å². The smallest absolute Gasteiger partial charge is 0.196 e.